The minimum absolute atomic E-state index is 0.0627. The number of carboxylic acids is 1. The van der Waals surface area contributed by atoms with Crippen LogP contribution in [-0.4, -0.2) is 43.9 Å². The molecule has 0 atom stereocenters. The van der Waals surface area contributed by atoms with Crippen LogP contribution in [0.5, 0.6) is 5.75 Å². The van der Waals surface area contributed by atoms with Gasteiger partial charge in [0.15, 0.2) is 0 Å². The monoisotopic (exact) mass is 361 g/mol. The zero-order valence-electron chi connectivity index (χ0n) is 15.3. The maximum absolute atomic E-state index is 13.2. The molecule has 0 radical (unpaired) electrons. The number of methoxy groups -OCH3 is 1. The zero-order valence-corrected chi connectivity index (χ0v) is 15.3. The van der Waals surface area contributed by atoms with Crippen LogP contribution in [0.15, 0.2) is 24.3 Å². The van der Waals surface area contributed by atoms with E-state index in [4.69, 9.17) is 9.47 Å². The molecule has 2 N–H and O–H groups in total. The molecule has 142 valence electrons. The Bertz CT molecular complexity index is 643. The van der Waals surface area contributed by atoms with Crippen LogP contribution in [-0.2, 0) is 19.7 Å². The van der Waals surface area contributed by atoms with Gasteiger partial charge in [0.2, 0.25) is 5.91 Å². The van der Waals surface area contributed by atoms with E-state index in [9.17, 15) is 14.7 Å². The van der Waals surface area contributed by atoms with Crippen LogP contribution < -0.4 is 10.1 Å². The fraction of sp³-hybridized carbons (Fsp3) is 0.600. The second kappa shape index (κ2) is 7.66. The first kappa shape index (κ1) is 18.7. The fourth-order valence-corrected chi connectivity index (χ4v) is 4.18. The van der Waals surface area contributed by atoms with Crippen molar-refractivity contribution < 1.29 is 24.2 Å². The Morgan fingerprint density at radius 2 is 1.73 bits per heavy atom. The van der Waals surface area contributed by atoms with E-state index in [1.165, 1.54) is 0 Å². The number of carboxylic acid groups (broad SMARTS) is 1. The van der Waals surface area contributed by atoms with Crippen molar-refractivity contribution in [3.05, 3.63) is 29.8 Å². The highest BCUT2D eigenvalue weighted by Crippen LogP contribution is 2.42. The maximum atomic E-state index is 13.2. The van der Waals surface area contributed by atoms with Crippen molar-refractivity contribution in [1.29, 1.82) is 0 Å². The molecule has 6 heteroatoms. The van der Waals surface area contributed by atoms with Gasteiger partial charge in [-0.15, -0.1) is 0 Å². The minimum Gasteiger partial charge on any atom is -0.497 e. The van der Waals surface area contributed by atoms with E-state index in [1.54, 1.807) is 7.11 Å². The predicted molar refractivity (Wildman–Crippen MR) is 96.3 cm³/mol. The summed E-state index contributed by atoms with van der Waals surface area (Å²) >= 11 is 0. The van der Waals surface area contributed by atoms with Crippen molar-refractivity contribution in [2.45, 2.75) is 43.9 Å². The Morgan fingerprint density at radius 3 is 2.27 bits per heavy atom. The van der Waals surface area contributed by atoms with Crippen molar-refractivity contribution >= 4 is 11.9 Å². The van der Waals surface area contributed by atoms with Crippen molar-refractivity contribution in [2.75, 3.05) is 26.9 Å². The molecule has 0 aromatic heterocycles. The van der Waals surface area contributed by atoms with Crippen LogP contribution >= 0.6 is 0 Å². The molecular weight excluding hydrogens is 334 g/mol. The molecule has 1 aliphatic carbocycles. The third-order valence-corrected chi connectivity index (χ3v) is 6.03. The first-order chi connectivity index (χ1) is 12.5. The number of nitrogens with one attached hydrogen (secondary N) is 1. The average Bonchev–Trinajstić information content (AvgIpc) is 3.18. The number of hydrogen-bond donors (Lipinski definition) is 2. The molecule has 1 aromatic rings. The van der Waals surface area contributed by atoms with Gasteiger partial charge < -0.3 is 19.9 Å². The van der Waals surface area contributed by atoms with Crippen LogP contribution in [0.1, 0.15) is 44.1 Å². The van der Waals surface area contributed by atoms with Crippen LogP contribution in [0.4, 0.5) is 0 Å². The number of amides is 1. The Balaban J connectivity index is 1.77. The van der Waals surface area contributed by atoms with Crippen molar-refractivity contribution in [1.82, 2.24) is 5.32 Å². The van der Waals surface area contributed by atoms with Gasteiger partial charge in [0, 0.05) is 19.8 Å². The van der Waals surface area contributed by atoms with Gasteiger partial charge in [-0.1, -0.05) is 25.0 Å². The van der Waals surface area contributed by atoms with Gasteiger partial charge in [-0.2, -0.15) is 0 Å². The summed E-state index contributed by atoms with van der Waals surface area (Å²) in [5, 5.41) is 12.7. The topological polar surface area (TPSA) is 84.9 Å². The number of hydrogen-bond acceptors (Lipinski definition) is 4. The van der Waals surface area contributed by atoms with Gasteiger partial charge in [-0.05, 0) is 43.4 Å². The molecule has 0 bridgehead atoms. The summed E-state index contributed by atoms with van der Waals surface area (Å²) in [5.74, 6) is -0.160. The molecule has 1 aliphatic heterocycles. The summed E-state index contributed by atoms with van der Waals surface area (Å²) in [6.07, 6.45) is 4.42. The Morgan fingerprint density at radius 1 is 1.12 bits per heavy atom. The van der Waals surface area contributed by atoms with Gasteiger partial charge in [0.05, 0.1) is 17.9 Å². The fourth-order valence-electron chi connectivity index (χ4n) is 4.18. The Hall–Kier alpha value is -2.08. The summed E-state index contributed by atoms with van der Waals surface area (Å²) in [6.45, 7) is 1.00. The molecule has 1 saturated carbocycles. The van der Waals surface area contributed by atoms with Gasteiger partial charge in [0.25, 0.3) is 0 Å². The highest BCUT2D eigenvalue weighted by Gasteiger charge is 2.45. The van der Waals surface area contributed by atoms with Crippen molar-refractivity contribution in [2.24, 2.45) is 5.41 Å². The van der Waals surface area contributed by atoms with Crippen LogP contribution in [0, 0.1) is 5.41 Å². The molecule has 26 heavy (non-hydrogen) atoms. The van der Waals surface area contributed by atoms with Gasteiger partial charge in [0.1, 0.15) is 5.75 Å². The molecule has 1 heterocycles. The number of rotatable bonds is 6. The average molecular weight is 361 g/mol. The Kier molecular flexibility index (Phi) is 5.51. The van der Waals surface area contributed by atoms with E-state index in [-0.39, 0.29) is 12.5 Å². The molecular formula is C20H27NO5. The van der Waals surface area contributed by atoms with Crippen LogP contribution in [0.25, 0.3) is 0 Å². The third kappa shape index (κ3) is 3.43. The summed E-state index contributed by atoms with van der Waals surface area (Å²) in [7, 11) is 1.62. The molecule has 2 aliphatic rings. The number of benzene rings is 1. The van der Waals surface area contributed by atoms with E-state index >= 15 is 0 Å². The summed E-state index contributed by atoms with van der Waals surface area (Å²) < 4.78 is 10.5. The SMILES string of the molecule is COc1ccc(C2(C(=O)NCC3(C(=O)O)CCOCC3)CCCC2)cc1. The largest absolute Gasteiger partial charge is 0.497 e. The quantitative estimate of drug-likeness (QED) is 0.813. The standard InChI is InChI=1S/C20H27NO5/c1-25-16-6-4-15(5-7-16)20(8-2-3-9-20)17(22)21-14-19(18(23)24)10-12-26-13-11-19/h4-7H,2-3,8-14H2,1H3,(H,21,22)(H,23,24). The van der Waals surface area contributed by atoms with Gasteiger partial charge in [-0.3, -0.25) is 9.59 Å². The number of carbonyl (C=O) groups excluding carboxylic acids is 1. The first-order valence-electron chi connectivity index (χ1n) is 9.26. The number of ether oxygens (including phenoxy) is 2. The molecule has 1 saturated heterocycles. The second-order valence-electron chi connectivity index (χ2n) is 7.40. The number of aliphatic carboxylic acids is 1. The highest BCUT2D eigenvalue weighted by atomic mass is 16.5. The lowest BCUT2D eigenvalue weighted by Gasteiger charge is -2.35. The molecule has 3 rings (SSSR count). The summed E-state index contributed by atoms with van der Waals surface area (Å²) in [6, 6.07) is 7.65. The van der Waals surface area contributed by atoms with Crippen molar-refractivity contribution in [3.8, 4) is 5.75 Å². The van der Waals surface area contributed by atoms with E-state index in [0.29, 0.717) is 26.1 Å². The molecule has 6 nitrogen and oxygen atoms in total. The van der Waals surface area contributed by atoms with Crippen LogP contribution in [0.2, 0.25) is 0 Å². The van der Waals surface area contributed by atoms with E-state index in [1.807, 2.05) is 24.3 Å². The summed E-state index contributed by atoms with van der Waals surface area (Å²) in [5.41, 5.74) is -0.519. The van der Waals surface area contributed by atoms with Crippen molar-refractivity contribution in [3.63, 3.8) is 0 Å². The lowest BCUT2D eigenvalue weighted by Crippen LogP contribution is -2.50. The maximum Gasteiger partial charge on any atom is 0.311 e. The predicted octanol–water partition coefficient (Wildman–Crippen LogP) is 2.50. The zero-order chi connectivity index (χ0) is 18.6. The van der Waals surface area contributed by atoms with E-state index in [2.05, 4.69) is 5.32 Å². The van der Waals surface area contributed by atoms with Crippen LogP contribution in [0.3, 0.4) is 0 Å². The molecule has 0 unspecified atom stereocenters. The lowest BCUT2D eigenvalue weighted by molar-refractivity contribution is -0.154. The molecule has 1 amide bonds. The minimum atomic E-state index is -0.923. The highest BCUT2D eigenvalue weighted by molar-refractivity contribution is 5.89. The molecule has 2 fully saturated rings. The van der Waals surface area contributed by atoms with E-state index in [0.717, 1.165) is 37.0 Å². The second-order valence-corrected chi connectivity index (χ2v) is 7.40. The van der Waals surface area contributed by atoms with Gasteiger partial charge in [-0.25, -0.2) is 0 Å². The van der Waals surface area contributed by atoms with Gasteiger partial charge >= 0.3 is 5.97 Å². The molecule has 0 spiro atoms. The van der Waals surface area contributed by atoms with E-state index < -0.39 is 16.8 Å². The third-order valence-electron chi connectivity index (χ3n) is 6.03. The first-order valence-corrected chi connectivity index (χ1v) is 9.26. The molecule has 1 aromatic carbocycles. The number of carbonyl (C=O) groups is 2. The smallest absolute Gasteiger partial charge is 0.311 e. The normalized spacial score (nSPS) is 21.1. The Labute approximate surface area is 153 Å². The lowest BCUT2D eigenvalue weighted by atomic mass is 9.76. The summed E-state index contributed by atoms with van der Waals surface area (Å²) in [4.78, 5) is 25.0.